The van der Waals surface area contributed by atoms with E-state index in [9.17, 15) is 13.2 Å². The number of ether oxygens (including phenoxy) is 1. The third kappa shape index (κ3) is 6.14. The monoisotopic (exact) mass is 466 g/mol. The van der Waals surface area contributed by atoms with Crippen LogP contribution in [-0.2, 0) is 15.4 Å². The van der Waals surface area contributed by atoms with E-state index in [4.69, 9.17) is 4.74 Å². The van der Waals surface area contributed by atoms with Crippen molar-refractivity contribution in [3.05, 3.63) is 89.5 Å². The molecule has 3 rings (SSSR count). The number of anilines is 1. The maximum Gasteiger partial charge on any atom is 0.261 e. The zero-order valence-corrected chi connectivity index (χ0v) is 20.2. The van der Waals surface area contributed by atoms with Crippen LogP contribution in [0.4, 0.5) is 5.69 Å². The van der Waals surface area contributed by atoms with E-state index >= 15 is 0 Å². The molecule has 0 aliphatic carbocycles. The molecule has 3 aromatic carbocycles. The molecule has 0 unspecified atom stereocenters. The van der Waals surface area contributed by atoms with Gasteiger partial charge in [0.05, 0.1) is 17.1 Å². The minimum absolute atomic E-state index is 0.0511. The molecule has 174 valence electrons. The lowest BCUT2D eigenvalue weighted by molar-refractivity contribution is 0.0946. The smallest absolute Gasteiger partial charge is 0.261 e. The summed E-state index contributed by atoms with van der Waals surface area (Å²) in [4.78, 5) is 12.9. The van der Waals surface area contributed by atoms with Gasteiger partial charge in [-0.15, -0.1) is 0 Å². The minimum Gasteiger partial charge on any atom is -0.491 e. The highest BCUT2D eigenvalue weighted by molar-refractivity contribution is 7.92. The van der Waals surface area contributed by atoms with Crippen LogP contribution in [0, 0.1) is 6.92 Å². The van der Waals surface area contributed by atoms with Gasteiger partial charge < -0.3 is 10.1 Å². The molecular weight excluding hydrogens is 436 g/mol. The SMILES string of the molecule is Cc1c(NS(=O)(=O)c2ccccc2)cccc1C(=O)NCCOc1ccccc1C(C)(C)C. The van der Waals surface area contributed by atoms with Gasteiger partial charge in [0.2, 0.25) is 0 Å². The van der Waals surface area contributed by atoms with Crippen LogP contribution in [0.15, 0.2) is 77.7 Å². The standard InChI is InChI=1S/C26H30N2O4S/c1-19-21(13-10-15-23(19)28-33(30,31)20-11-6-5-7-12-20)25(29)27-17-18-32-24-16-9-8-14-22(24)26(2,3)4/h5-16,28H,17-18H2,1-4H3,(H,27,29). The number of benzene rings is 3. The lowest BCUT2D eigenvalue weighted by Gasteiger charge is -2.22. The molecule has 0 aromatic heterocycles. The van der Waals surface area contributed by atoms with Gasteiger partial charge in [-0.1, -0.05) is 63.2 Å². The Morgan fingerprint density at radius 2 is 1.58 bits per heavy atom. The van der Waals surface area contributed by atoms with E-state index in [0.717, 1.165) is 11.3 Å². The second-order valence-corrected chi connectivity index (χ2v) is 10.4. The third-order valence-corrected chi connectivity index (χ3v) is 6.60. The van der Waals surface area contributed by atoms with Crippen molar-refractivity contribution in [2.75, 3.05) is 17.9 Å². The molecule has 1 amide bonds. The van der Waals surface area contributed by atoms with E-state index < -0.39 is 10.0 Å². The van der Waals surface area contributed by atoms with Crippen LogP contribution >= 0.6 is 0 Å². The highest BCUT2D eigenvalue weighted by Gasteiger charge is 2.19. The molecule has 0 aliphatic rings. The van der Waals surface area contributed by atoms with Crippen LogP contribution in [0.3, 0.4) is 0 Å². The van der Waals surface area contributed by atoms with Crippen LogP contribution in [-0.4, -0.2) is 27.5 Å². The lowest BCUT2D eigenvalue weighted by atomic mass is 9.86. The first kappa shape index (κ1) is 24.3. The highest BCUT2D eigenvalue weighted by atomic mass is 32.2. The van der Waals surface area contributed by atoms with Gasteiger partial charge in [0.15, 0.2) is 0 Å². The van der Waals surface area contributed by atoms with E-state index in [1.807, 2.05) is 24.3 Å². The van der Waals surface area contributed by atoms with Crippen LogP contribution < -0.4 is 14.8 Å². The van der Waals surface area contributed by atoms with Crippen LogP contribution in [0.5, 0.6) is 5.75 Å². The zero-order valence-electron chi connectivity index (χ0n) is 19.4. The van der Waals surface area contributed by atoms with Crippen molar-refractivity contribution in [2.45, 2.75) is 38.0 Å². The fraction of sp³-hybridized carbons (Fsp3) is 0.269. The van der Waals surface area contributed by atoms with Crippen molar-refractivity contribution in [3.63, 3.8) is 0 Å². The summed E-state index contributed by atoms with van der Waals surface area (Å²) in [6.07, 6.45) is 0. The summed E-state index contributed by atoms with van der Waals surface area (Å²) in [5.41, 5.74) is 2.36. The van der Waals surface area contributed by atoms with E-state index in [2.05, 4.69) is 30.8 Å². The van der Waals surface area contributed by atoms with Crippen molar-refractivity contribution in [1.29, 1.82) is 0 Å². The van der Waals surface area contributed by atoms with E-state index in [-0.39, 0.29) is 16.2 Å². The Labute approximate surface area is 196 Å². The summed E-state index contributed by atoms with van der Waals surface area (Å²) < 4.78 is 33.8. The topological polar surface area (TPSA) is 84.5 Å². The summed E-state index contributed by atoms with van der Waals surface area (Å²) in [5.74, 6) is 0.508. The number of nitrogens with one attached hydrogen (secondary N) is 2. The zero-order chi connectivity index (χ0) is 24.1. The number of rotatable bonds is 8. The Balaban J connectivity index is 1.64. The average Bonchev–Trinajstić information content (AvgIpc) is 2.78. The molecule has 3 aromatic rings. The first-order valence-electron chi connectivity index (χ1n) is 10.8. The quantitative estimate of drug-likeness (QED) is 0.463. The summed E-state index contributed by atoms with van der Waals surface area (Å²) in [6.45, 7) is 8.72. The van der Waals surface area contributed by atoms with Crippen LogP contribution in [0.2, 0.25) is 0 Å². The van der Waals surface area contributed by atoms with E-state index in [1.165, 1.54) is 12.1 Å². The number of carbonyl (C=O) groups excluding carboxylic acids is 1. The predicted molar refractivity (Wildman–Crippen MR) is 131 cm³/mol. The molecule has 0 bridgehead atoms. The van der Waals surface area contributed by atoms with Gasteiger partial charge in [0, 0.05) is 5.56 Å². The summed E-state index contributed by atoms with van der Waals surface area (Å²) in [5, 5.41) is 2.85. The van der Waals surface area contributed by atoms with Crippen LogP contribution in [0.25, 0.3) is 0 Å². The molecule has 33 heavy (non-hydrogen) atoms. The number of sulfonamides is 1. The normalized spacial score (nSPS) is 11.6. The molecule has 0 radical (unpaired) electrons. The third-order valence-electron chi connectivity index (χ3n) is 5.22. The molecule has 0 spiro atoms. The molecule has 0 heterocycles. The van der Waals surface area contributed by atoms with Gasteiger partial charge in [-0.3, -0.25) is 9.52 Å². The Hall–Kier alpha value is -3.32. The Morgan fingerprint density at radius 3 is 2.27 bits per heavy atom. The van der Waals surface area contributed by atoms with Gasteiger partial charge in [-0.2, -0.15) is 0 Å². The molecule has 0 saturated carbocycles. The van der Waals surface area contributed by atoms with Gasteiger partial charge in [0.25, 0.3) is 15.9 Å². The lowest BCUT2D eigenvalue weighted by Crippen LogP contribution is -2.29. The largest absolute Gasteiger partial charge is 0.491 e. The number of hydrogen-bond acceptors (Lipinski definition) is 4. The molecule has 0 atom stereocenters. The van der Waals surface area contributed by atoms with Gasteiger partial charge in [-0.05, 0) is 53.8 Å². The Bertz CT molecular complexity index is 1220. The number of hydrogen-bond donors (Lipinski definition) is 2. The maximum atomic E-state index is 12.7. The Morgan fingerprint density at radius 1 is 0.909 bits per heavy atom. The van der Waals surface area contributed by atoms with E-state index in [0.29, 0.717) is 30.0 Å². The molecular formula is C26H30N2O4S. The highest BCUT2D eigenvalue weighted by Crippen LogP contribution is 2.30. The number of para-hydroxylation sites is 1. The predicted octanol–water partition coefficient (Wildman–Crippen LogP) is 4.90. The fourth-order valence-corrected chi connectivity index (χ4v) is 4.57. The maximum absolute atomic E-state index is 12.7. The molecule has 7 heteroatoms. The first-order valence-corrected chi connectivity index (χ1v) is 12.3. The summed E-state index contributed by atoms with van der Waals surface area (Å²) >= 11 is 0. The van der Waals surface area contributed by atoms with Crippen molar-refractivity contribution in [1.82, 2.24) is 5.32 Å². The van der Waals surface area contributed by atoms with Crippen molar-refractivity contribution in [3.8, 4) is 5.75 Å². The molecule has 0 aliphatic heterocycles. The van der Waals surface area contributed by atoms with Crippen molar-refractivity contribution >= 4 is 21.6 Å². The van der Waals surface area contributed by atoms with Crippen LogP contribution in [0.1, 0.15) is 42.3 Å². The fourth-order valence-electron chi connectivity index (χ4n) is 3.43. The second-order valence-electron chi connectivity index (χ2n) is 8.75. The molecule has 6 nitrogen and oxygen atoms in total. The van der Waals surface area contributed by atoms with E-state index in [1.54, 1.807) is 43.3 Å². The number of amides is 1. The average molecular weight is 467 g/mol. The van der Waals surface area contributed by atoms with Crippen molar-refractivity contribution < 1.29 is 17.9 Å². The number of carbonyl (C=O) groups is 1. The van der Waals surface area contributed by atoms with Gasteiger partial charge >= 0.3 is 0 Å². The molecule has 0 saturated heterocycles. The second kappa shape index (κ2) is 10.1. The van der Waals surface area contributed by atoms with Crippen molar-refractivity contribution in [2.24, 2.45) is 0 Å². The minimum atomic E-state index is -3.75. The Kier molecular flexibility index (Phi) is 7.43. The summed E-state index contributed by atoms with van der Waals surface area (Å²) in [6, 6.07) is 20.9. The summed E-state index contributed by atoms with van der Waals surface area (Å²) in [7, 11) is -3.75. The first-order chi connectivity index (χ1) is 15.6. The van der Waals surface area contributed by atoms with Gasteiger partial charge in [0.1, 0.15) is 12.4 Å². The molecule has 2 N–H and O–H groups in total. The molecule has 0 fully saturated rings. The van der Waals surface area contributed by atoms with Gasteiger partial charge in [-0.25, -0.2) is 8.42 Å².